The molecule has 3 rings (SSSR count). The molecule has 1 N–H and O–H groups in total. The van der Waals surface area contributed by atoms with Crippen molar-refractivity contribution in [1.82, 2.24) is 0 Å². The summed E-state index contributed by atoms with van der Waals surface area (Å²) in [7, 11) is -4.30. The summed E-state index contributed by atoms with van der Waals surface area (Å²) in [6.45, 7) is 2.40. The fraction of sp³-hybridized carbons (Fsp3) is 0.200. The summed E-state index contributed by atoms with van der Waals surface area (Å²) in [6, 6.07) is 11.1. The molecule has 0 bridgehead atoms. The molecule has 0 spiro atoms. The van der Waals surface area contributed by atoms with Crippen LogP contribution in [0.25, 0.3) is 11.1 Å². The molecule has 1 aliphatic rings. The summed E-state index contributed by atoms with van der Waals surface area (Å²) in [4.78, 5) is -0.147. The molecule has 0 saturated heterocycles. The zero-order chi connectivity index (χ0) is 14.3. The molecular weight excluding hydrogens is 276 g/mol. The van der Waals surface area contributed by atoms with Crippen molar-refractivity contribution >= 4 is 10.1 Å². The molecule has 1 aliphatic heterocycles. The summed E-state index contributed by atoms with van der Waals surface area (Å²) in [5.41, 5.74) is 3.60. The van der Waals surface area contributed by atoms with E-state index in [0.717, 1.165) is 22.3 Å². The number of aryl methyl sites for hydroxylation is 1. The lowest BCUT2D eigenvalue weighted by molar-refractivity contribution is 0.346. The summed E-state index contributed by atoms with van der Waals surface area (Å²) in [6.07, 6.45) is 0.650. The Morgan fingerprint density at radius 1 is 1.20 bits per heavy atom. The van der Waals surface area contributed by atoms with Gasteiger partial charge >= 0.3 is 0 Å². The fourth-order valence-electron chi connectivity index (χ4n) is 2.52. The van der Waals surface area contributed by atoms with Gasteiger partial charge in [-0.1, -0.05) is 24.3 Å². The van der Waals surface area contributed by atoms with Crippen LogP contribution in [-0.2, 0) is 16.5 Å². The van der Waals surface area contributed by atoms with Crippen molar-refractivity contribution in [3.8, 4) is 16.9 Å². The van der Waals surface area contributed by atoms with Crippen LogP contribution in [0.3, 0.4) is 0 Å². The van der Waals surface area contributed by atoms with Crippen molar-refractivity contribution in [3.05, 3.63) is 47.5 Å². The molecule has 2 aromatic rings. The Morgan fingerprint density at radius 3 is 2.65 bits per heavy atom. The second-order valence-corrected chi connectivity index (χ2v) is 6.24. The van der Waals surface area contributed by atoms with Crippen molar-refractivity contribution in [2.24, 2.45) is 0 Å². The van der Waals surface area contributed by atoms with E-state index in [4.69, 9.17) is 4.74 Å². The van der Waals surface area contributed by atoms with Gasteiger partial charge in [0.05, 0.1) is 6.61 Å². The molecule has 104 valence electrons. The van der Waals surface area contributed by atoms with Gasteiger partial charge < -0.3 is 4.74 Å². The molecule has 0 atom stereocenters. The van der Waals surface area contributed by atoms with Crippen LogP contribution < -0.4 is 4.74 Å². The van der Waals surface area contributed by atoms with E-state index >= 15 is 0 Å². The maximum atomic E-state index is 11.5. The second-order valence-electron chi connectivity index (χ2n) is 4.85. The largest absolute Gasteiger partial charge is 0.491 e. The van der Waals surface area contributed by atoms with Crippen molar-refractivity contribution in [2.75, 3.05) is 6.61 Å². The van der Waals surface area contributed by atoms with Crippen molar-refractivity contribution in [3.63, 3.8) is 0 Å². The first-order valence-corrected chi connectivity index (χ1v) is 7.74. The molecule has 0 amide bonds. The summed E-state index contributed by atoms with van der Waals surface area (Å²) < 4.78 is 37.8. The third-order valence-corrected chi connectivity index (χ3v) is 4.34. The number of benzene rings is 2. The number of ether oxygens (including phenoxy) is 1. The van der Waals surface area contributed by atoms with Crippen LogP contribution in [0.15, 0.2) is 41.3 Å². The van der Waals surface area contributed by atoms with Crippen LogP contribution in [0.5, 0.6) is 5.75 Å². The first-order chi connectivity index (χ1) is 9.47. The van der Waals surface area contributed by atoms with Gasteiger partial charge in [0.25, 0.3) is 10.1 Å². The lowest BCUT2D eigenvalue weighted by Crippen LogP contribution is -2.02. The van der Waals surface area contributed by atoms with E-state index in [2.05, 4.69) is 0 Å². The third kappa shape index (κ3) is 2.19. The number of fused-ring (bicyclic) bond motifs is 1. The Hall–Kier alpha value is -1.85. The quantitative estimate of drug-likeness (QED) is 0.864. The Kier molecular flexibility index (Phi) is 3.03. The minimum absolute atomic E-state index is 0.147. The molecule has 0 unspecified atom stereocenters. The minimum Gasteiger partial charge on any atom is -0.491 e. The highest BCUT2D eigenvalue weighted by Crippen LogP contribution is 2.37. The molecule has 0 fully saturated rings. The highest BCUT2D eigenvalue weighted by molar-refractivity contribution is 7.86. The molecular formula is C15H14O4S. The predicted molar refractivity (Wildman–Crippen MR) is 75.6 cm³/mol. The second kappa shape index (κ2) is 4.61. The van der Waals surface area contributed by atoms with Crippen LogP contribution in [-0.4, -0.2) is 19.6 Å². The van der Waals surface area contributed by atoms with Crippen molar-refractivity contribution in [1.29, 1.82) is 0 Å². The van der Waals surface area contributed by atoms with E-state index in [1.165, 1.54) is 6.07 Å². The zero-order valence-corrected chi connectivity index (χ0v) is 11.8. The van der Waals surface area contributed by atoms with Crippen molar-refractivity contribution in [2.45, 2.75) is 18.2 Å². The number of hydrogen-bond donors (Lipinski definition) is 1. The number of hydrogen-bond acceptors (Lipinski definition) is 3. The van der Waals surface area contributed by atoms with E-state index in [1.54, 1.807) is 0 Å². The lowest BCUT2D eigenvalue weighted by atomic mass is 9.98. The molecule has 2 aromatic carbocycles. The van der Waals surface area contributed by atoms with Gasteiger partial charge in [-0.2, -0.15) is 8.42 Å². The zero-order valence-electron chi connectivity index (χ0n) is 11.0. The fourth-order valence-corrected chi connectivity index (χ4v) is 3.22. The van der Waals surface area contributed by atoms with Gasteiger partial charge in [0.15, 0.2) is 0 Å². The van der Waals surface area contributed by atoms with Gasteiger partial charge in [0.1, 0.15) is 10.6 Å². The van der Waals surface area contributed by atoms with Gasteiger partial charge in [0.2, 0.25) is 0 Å². The van der Waals surface area contributed by atoms with E-state index < -0.39 is 10.1 Å². The molecule has 5 heteroatoms. The van der Waals surface area contributed by atoms with Gasteiger partial charge in [-0.25, -0.2) is 0 Å². The highest BCUT2D eigenvalue weighted by atomic mass is 32.2. The average molecular weight is 290 g/mol. The summed E-state index contributed by atoms with van der Waals surface area (Å²) in [5.74, 6) is 0.282. The maximum absolute atomic E-state index is 11.5. The maximum Gasteiger partial charge on any atom is 0.298 e. The Bertz CT molecular complexity index is 778. The Morgan fingerprint density at radius 2 is 1.95 bits per heavy atom. The molecule has 0 saturated carbocycles. The summed E-state index contributed by atoms with van der Waals surface area (Å²) >= 11 is 0. The third-order valence-electron chi connectivity index (χ3n) is 3.48. The molecule has 0 radical (unpaired) electrons. The SMILES string of the molecule is Cc1ccccc1-c1cc2c(c(S(=O)(=O)O)c1)OCC2. The van der Waals surface area contributed by atoms with E-state index in [-0.39, 0.29) is 10.6 Å². The molecule has 20 heavy (non-hydrogen) atoms. The Labute approximate surface area is 117 Å². The van der Waals surface area contributed by atoms with Gasteiger partial charge in [-0.05, 0) is 41.3 Å². The van der Waals surface area contributed by atoms with Crippen LogP contribution in [0, 0.1) is 6.92 Å². The normalized spacial score (nSPS) is 13.9. The van der Waals surface area contributed by atoms with Gasteiger partial charge in [-0.15, -0.1) is 0 Å². The van der Waals surface area contributed by atoms with Crippen LogP contribution in [0.1, 0.15) is 11.1 Å². The van der Waals surface area contributed by atoms with Crippen LogP contribution in [0.2, 0.25) is 0 Å². The summed E-state index contributed by atoms with van der Waals surface area (Å²) in [5, 5.41) is 0. The van der Waals surface area contributed by atoms with Gasteiger partial charge in [0, 0.05) is 6.42 Å². The van der Waals surface area contributed by atoms with Crippen LogP contribution in [0.4, 0.5) is 0 Å². The number of rotatable bonds is 2. The first kappa shape index (κ1) is 13.1. The highest BCUT2D eigenvalue weighted by Gasteiger charge is 2.25. The lowest BCUT2D eigenvalue weighted by Gasteiger charge is -2.11. The van der Waals surface area contributed by atoms with Gasteiger partial charge in [-0.3, -0.25) is 4.55 Å². The average Bonchev–Trinajstić information content (AvgIpc) is 2.85. The van der Waals surface area contributed by atoms with E-state index in [9.17, 15) is 13.0 Å². The topological polar surface area (TPSA) is 63.6 Å². The molecule has 0 aromatic heterocycles. The minimum atomic E-state index is -4.30. The van der Waals surface area contributed by atoms with Crippen molar-refractivity contribution < 1.29 is 17.7 Å². The van der Waals surface area contributed by atoms with E-state index in [0.29, 0.717) is 13.0 Å². The van der Waals surface area contributed by atoms with E-state index in [1.807, 2.05) is 37.3 Å². The smallest absolute Gasteiger partial charge is 0.298 e. The molecule has 0 aliphatic carbocycles. The Balaban J connectivity index is 2.27. The molecule has 1 heterocycles. The van der Waals surface area contributed by atoms with Crippen LogP contribution >= 0.6 is 0 Å². The predicted octanol–water partition coefficient (Wildman–Crippen LogP) is 2.84. The first-order valence-electron chi connectivity index (χ1n) is 6.30. The monoisotopic (exact) mass is 290 g/mol. The standard InChI is InChI=1S/C15H14O4S/c1-10-4-2-3-5-13(10)12-8-11-6-7-19-15(11)14(9-12)20(16,17)18/h2-5,8-9H,6-7H2,1H3,(H,16,17,18). The molecule has 4 nitrogen and oxygen atoms in total.